The van der Waals surface area contributed by atoms with E-state index in [0.29, 0.717) is 18.1 Å². The zero-order valence-electron chi connectivity index (χ0n) is 26.3. The molecule has 0 aromatic heterocycles. The number of hydrogen-bond acceptors (Lipinski definition) is 5. The van der Waals surface area contributed by atoms with Crippen LogP contribution in [0.2, 0.25) is 5.02 Å². The SMILES string of the molecule is CC1=C2[C@@H](CC/C(=C/c3ccc(O)cc3Cl)c3ccccc3)OC[C@@H]2[C@@H]2C(=O)N(C3CCN(Cc4ccccc4)CC3)C(=O)[C@@H]2C1. The van der Waals surface area contributed by atoms with Gasteiger partial charge in [0.15, 0.2) is 0 Å². The number of imide groups is 1. The lowest BCUT2D eigenvalue weighted by molar-refractivity contribution is -0.144. The van der Waals surface area contributed by atoms with Crippen LogP contribution < -0.4 is 0 Å². The van der Waals surface area contributed by atoms with Gasteiger partial charge in [-0.15, -0.1) is 0 Å². The number of likely N-dealkylation sites (tertiary alicyclic amines) is 2. The second-order valence-electron chi connectivity index (χ2n) is 13.3. The molecule has 7 heteroatoms. The Labute approximate surface area is 276 Å². The Balaban J connectivity index is 1.04. The molecule has 1 aliphatic carbocycles. The second kappa shape index (κ2) is 13.2. The minimum absolute atomic E-state index is 0.0163. The second-order valence-corrected chi connectivity index (χ2v) is 13.7. The van der Waals surface area contributed by atoms with Gasteiger partial charge in [-0.1, -0.05) is 77.8 Å². The normalized spacial score (nSPS) is 25.7. The number of fused-ring (bicyclic) bond motifs is 3. The molecule has 3 heterocycles. The summed E-state index contributed by atoms with van der Waals surface area (Å²) < 4.78 is 6.46. The Hall–Kier alpha value is -3.71. The van der Waals surface area contributed by atoms with Gasteiger partial charge in [-0.05, 0) is 91.1 Å². The van der Waals surface area contributed by atoms with Gasteiger partial charge in [-0.2, -0.15) is 0 Å². The summed E-state index contributed by atoms with van der Waals surface area (Å²) in [6.45, 7) is 5.28. The van der Waals surface area contributed by atoms with Crippen LogP contribution in [0.5, 0.6) is 5.75 Å². The molecule has 1 N–H and O–H groups in total. The predicted molar refractivity (Wildman–Crippen MR) is 181 cm³/mol. The standard InChI is InChI=1S/C39H41ClN2O4/c1-25-20-32-37(39(45)42(38(32)44)30-16-18-41(19-17-30)23-26-8-4-2-5-9-26)33-24-46-35(36(25)33)15-13-28(27-10-6-3-7-11-27)21-29-12-14-31(43)22-34(29)40/h2-12,14,21-22,30,32-33,35,37,43H,13,15-20,23-24H2,1H3/b28-21-/t32-,33+,35-,37-/m1/s1. The van der Waals surface area contributed by atoms with Crippen molar-refractivity contribution in [2.45, 2.75) is 57.7 Å². The van der Waals surface area contributed by atoms with Crippen molar-refractivity contribution in [1.82, 2.24) is 9.80 Å². The van der Waals surface area contributed by atoms with Gasteiger partial charge in [-0.3, -0.25) is 19.4 Å². The monoisotopic (exact) mass is 636 g/mol. The average Bonchev–Trinajstić information content (AvgIpc) is 3.60. The molecule has 46 heavy (non-hydrogen) atoms. The highest BCUT2D eigenvalue weighted by atomic mass is 35.5. The highest BCUT2D eigenvalue weighted by Gasteiger charge is 2.57. The summed E-state index contributed by atoms with van der Waals surface area (Å²) in [5.74, 6) is -0.459. The Kier molecular flexibility index (Phi) is 8.86. The van der Waals surface area contributed by atoms with E-state index in [1.54, 1.807) is 17.0 Å². The number of hydrogen-bond donors (Lipinski definition) is 1. The van der Waals surface area contributed by atoms with Crippen molar-refractivity contribution in [1.29, 1.82) is 0 Å². The van der Waals surface area contributed by atoms with E-state index >= 15 is 0 Å². The third-order valence-corrected chi connectivity index (χ3v) is 10.8. The predicted octanol–water partition coefficient (Wildman–Crippen LogP) is 7.37. The summed E-state index contributed by atoms with van der Waals surface area (Å²) in [4.78, 5) is 32.0. The third kappa shape index (κ3) is 6.06. The van der Waals surface area contributed by atoms with Crippen LogP contribution in [0.1, 0.15) is 55.7 Å². The van der Waals surface area contributed by atoms with E-state index in [1.165, 1.54) is 16.7 Å². The lowest BCUT2D eigenvalue weighted by Crippen LogP contribution is -2.47. The van der Waals surface area contributed by atoms with Gasteiger partial charge in [0.05, 0.1) is 29.6 Å². The van der Waals surface area contributed by atoms with Crippen molar-refractivity contribution in [3.8, 4) is 5.75 Å². The molecule has 0 saturated carbocycles. The van der Waals surface area contributed by atoms with E-state index in [2.05, 4.69) is 54.3 Å². The van der Waals surface area contributed by atoms with Crippen LogP contribution in [0.25, 0.3) is 11.6 Å². The summed E-state index contributed by atoms with van der Waals surface area (Å²) in [6.07, 6.45) is 5.80. The molecule has 0 bridgehead atoms. The molecule has 4 atom stereocenters. The highest BCUT2D eigenvalue weighted by molar-refractivity contribution is 6.32. The molecule has 7 rings (SSSR count). The number of phenolic OH excluding ortho intramolecular Hbond substituents is 1. The van der Waals surface area contributed by atoms with Crippen LogP contribution in [0, 0.1) is 17.8 Å². The van der Waals surface area contributed by atoms with Crippen LogP contribution in [-0.4, -0.2) is 58.6 Å². The van der Waals surface area contributed by atoms with Crippen LogP contribution in [0.3, 0.4) is 0 Å². The number of halogens is 1. The van der Waals surface area contributed by atoms with Crippen LogP contribution >= 0.6 is 11.6 Å². The molecule has 6 nitrogen and oxygen atoms in total. The van der Waals surface area contributed by atoms with Gasteiger partial charge in [0.2, 0.25) is 11.8 Å². The summed E-state index contributed by atoms with van der Waals surface area (Å²) in [7, 11) is 0. The summed E-state index contributed by atoms with van der Waals surface area (Å²) in [6, 6.07) is 25.7. The van der Waals surface area contributed by atoms with Crippen molar-refractivity contribution in [2.75, 3.05) is 19.7 Å². The first-order valence-corrected chi connectivity index (χ1v) is 16.9. The van der Waals surface area contributed by atoms with Gasteiger partial charge in [0, 0.05) is 31.6 Å². The largest absolute Gasteiger partial charge is 0.508 e. The molecule has 238 valence electrons. The van der Waals surface area contributed by atoms with Gasteiger partial charge >= 0.3 is 0 Å². The van der Waals surface area contributed by atoms with Crippen LogP contribution in [0.4, 0.5) is 0 Å². The Morgan fingerprint density at radius 1 is 0.957 bits per heavy atom. The van der Waals surface area contributed by atoms with Crippen molar-refractivity contribution < 1.29 is 19.4 Å². The van der Waals surface area contributed by atoms with Crippen molar-refractivity contribution in [2.24, 2.45) is 17.8 Å². The molecule has 3 saturated heterocycles. The van der Waals surface area contributed by atoms with Gasteiger partial charge in [0.25, 0.3) is 0 Å². The molecule has 4 aliphatic rings. The number of aromatic hydroxyl groups is 1. The lowest BCUT2D eigenvalue weighted by atomic mass is 9.70. The number of phenols is 1. The zero-order valence-corrected chi connectivity index (χ0v) is 27.0. The summed E-state index contributed by atoms with van der Waals surface area (Å²) >= 11 is 6.48. The van der Waals surface area contributed by atoms with Crippen LogP contribution in [-0.2, 0) is 20.9 Å². The number of amides is 2. The molecule has 0 unspecified atom stereocenters. The molecule has 3 aliphatic heterocycles. The molecule has 3 fully saturated rings. The van der Waals surface area contributed by atoms with Gasteiger partial charge in [0.1, 0.15) is 5.75 Å². The van der Waals surface area contributed by atoms with E-state index in [1.807, 2.05) is 30.3 Å². The Morgan fingerprint density at radius 3 is 2.39 bits per heavy atom. The molecular formula is C39H41ClN2O4. The minimum atomic E-state index is -0.321. The first-order chi connectivity index (χ1) is 22.4. The highest BCUT2D eigenvalue weighted by Crippen LogP contribution is 2.50. The number of piperidine rings is 1. The first kappa shape index (κ1) is 30.9. The molecule has 0 spiro atoms. The van der Waals surface area contributed by atoms with E-state index < -0.39 is 0 Å². The van der Waals surface area contributed by atoms with Gasteiger partial charge < -0.3 is 9.84 Å². The quantitative estimate of drug-likeness (QED) is 0.159. The number of benzene rings is 3. The molecule has 0 radical (unpaired) electrons. The van der Waals surface area contributed by atoms with E-state index in [-0.39, 0.29) is 47.5 Å². The van der Waals surface area contributed by atoms with E-state index in [4.69, 9.17) is 16.3 Å². The number of allylic oxidation sites excluding steroid dienone is 2. The maximum Gasteiger partial charge on any atom is 0.234 e. The minimum Gasteiger partial charge on any atom is -0.508 e. The maximum absolute atomic E-state index is 14.1. The van der Waals surface area contributed by atoms with E-state index in [0.717, 1.165) is 62.0 Å². The van der Waals surface area contributed by atoms with Gasteiger partial charge in [-0.25, -0.2) is 0 Å². The zero-order chi connectivity index (χ0) is 31.8. The first-order valence-electron chi connectivity index (χ1n) is 16.6. The molecule has 2 amide bonds. The molecule has 3 aromatic carbocycles. The maximum atomic E-state index is 14.1. The fraction of sp³-hybridized carbons (Fsp3) is 0.385. The number of ether oxygens (including phenoxy) is 1. The third-order valence-electron chi connectivity index (χ3n) is 10.5. The van der Waals surface area contributed by atoms with Crippen molar-refractivity contribution in [3.63, 3.8) is 0 Å². The number of carbonyl (C=O) groups is 2. The number of nitrogens with zero attached hydrogens (tertiary/aromatic N) is 2. The summed E-state index contributed by atoms with van der Waals surface area (Å²) in [5.41, 5.74) is 6.82. The fourth-order valence-electron chi connectivity index (χ4n) is 8.25. The average molecular weight is 637 g/mol. The molecular weight excluding hydrogens is 596 g/mol. The Morgan fingerprint density at radius 2 is 1.67 bits per heavy atom. The van der Waals surface area contributed by atoms with Crippen molar-refractivity contribution >= 4 is 35.1 Å². The number of rotatable bonds is 8. The fourth-order valence-corrected chi connectivity index (χ4v) is 8.48. The molecule has 3 aromatic rings. The Bertz CT molecular complexity index is 1660. The van der Waals surface area contributed by atoms with Crippen LogP contribution in [0.15, 0.2) is 90.0 Å². The number of carbonyl (C=O) groups excluding carboxylic acids is 2. The topological polar surface area (TPSA) is 70.1 Å². The van der Waals surface area contributed by atoms with Crippen molar-refractivity contribution in [3.05, 3.63) is 112 Å². The summed E-state index contributed by atoms with van der Waals surface area (Å²) in [5, 5.41) is 10.3. The lowest BCUT2D eigenvalue weighted by Gasteiger charge is -2.36. The smallest absolute Gasteiger partial charge is 0.234 e. The van der Waals surface area contributed by atoms with E-state index in [9.17, 15) is 14.7 Å².